The van der Waals surface area contributed by atoms with Crippen LogP contribution in [0.25, 0.3) is 0 Å². The molecule has 3 amide bonds. The van der Waals surface area contributed by atoms with Gasteiger partial charge >= 0.3 is 5.97 Å². The van der Waals surface area contributed by atoms with Crippen molar-refractivity contribution in [3.63, 3.8) is 0 Å². The Morgan fingerprint density at radius 1 is 0.409 bits per heavy atom. The third-order valence-electron chi connectivity index (χ3n) is 9.53. The van der Waals surface area contributed by atoms with E-state index < -0.39 is 17.8 Å². The first-order valence-electron chi connectivity index (χ1n) is 19.5. The lowest BCUT2D eigenvalue weighted by atomic mass is 10.1. The Balaban J connectivity index is 0.000000136. The molecule has 0 fully saturated rings. The summed E-state index contributed by atoms with van der Waals surface area (Å²) in [6.45, 7) is 1.36. The molecule has 0 unspecified atom stereocenters. The number of benzene rings is 6. The van der Waals surface area contributed by atoms with Crippen LogP contribution in [0.2, 0.25) is 0 Å². The van der Waals surface area contributed by atoms with Gasteiger partial charge in [-0.05, 0) is 108 Å². The van der Waals surface area contributed by atoms with E-state index in [1.165, 1.54) is 36.4 Å². The molecular formula is C46H39N3O17. The zero-order valence-electron chi connectivity index (χ0n) is 34.3. The maximum absolute atomic E-state index is 12.2. The largest absolute Gasteiger partial charge is 0.504 e. The molecule has 0 radical (unpaired) electrons. The lowest BCUT2D eigenvalue weighted by Gasteiger charge is -2.07. The zero-order valence-corrected chi connectivity index (χ0v) is 34.3. The van der Waals surface area contributed by atoms with Crippen LogP contribution in [0.15, 0.2) is 109 Å². The van der Waals surface area contributed by atoms with Crippen molar-refractivity contribution in [2.75, 3.05) is 27.2 Å². The fourth-order valence-corrected chi connectivity index (χ4v) is 6.08. The Hall–Kier alpha value is -9.20. The van der Waals surface area contributed by atoms with Crippen LogP contribution in [0.1, 0.15) is 52.6 Å². The molecule has 0 bridgehead atoms. The van der Waals surface area contributed by atoms with Crippen molar-refractivity contribution >= 4 is 23.7 Å². The van der Waals surface area contributed by atoms with Gasteiger partial charge < -0.3 is 79.8 Å². The van der Waals surface area contributed by atoms with Crippen LogP contribution in [0.3, 0.4) is 0 Å². The number of rotatable bonds is 8. The number of aromatic hydroxyl groups is 4. The molecule has 6 aromatic rings. The van der Waals surface area contributed by atoms with Crippen molar-refractivity contribution in [1.82, 2.24) is 10.6 Å². The molecule has 4 heterocycles. The normalized spacial score (nSPS) is 12.5. The molecule has 0 aromatic heterocycles. The van der Waals surface area contributed by atoms with E-state index in [0.29, 0.717) is 63.5 Å². The first-order valence-corrected chi connectivity index (χ1v) is 19.5. The van der Waals surface area contributed by atoms with Gasteiger partial charge in [0.2, 0.25) is 33.1 Å². The topological polar surface area (TPSA) is 293 Å². The second-order valence-corrected chi connectivity index (χ2v) is 14.0. The maximum atomic E-state index is 12.2. The van der Waals surface area contributed by atoms with Gasteiger partial charge in [0.15, 0.2) is 69.0 Å². The smallest absolute Gasteiger partial charge is 0.335 e. The predicted octanol–water partition coefficient (Wildman–Crippen LogP) is 5.14. The number of nitrogens with two attached hydrogens (primary N) is 1. The average molecular weight is 906 g/mol. The fraction of sp³-hybridized carbons (Fsp3) is 0.130. The minimum absolute atomic E-state index is 0.147. The van der Waals surface area contributed by atoms with Crippen molar-refractivity contribution in [2.24, 2.45) is 5.73 Å². The summed E-state index contributed by atoms with van der Waals surface area (Å²) in [5.74, 6) is 1.79. The minimum atomic E-state index is -0.965. The Bertz CT molecular complexity index is 2730. The number of phenols is 4. The van der Waals surface area contributed by atoms with Gasteiger partial charge in [-0.1, -0.05) is 12.1 Å². The van der Waals surface area contributed by atoms with Gasteiger partial charge in [0.25, 0.3) is 11.8 Å². The van der Waals surface area contributed by atoms with Crippen LogP contribution in [0.4, 0.5) is 0 Å². The van der Waals surface area contributed by atoms with Crippen LogP contribution < -0.4 is 54.3 Å². The van der Waals surface area contributed by atoms with Gasteiger partial charge in [0, 0.05) is 29.8 Å². The highest BCUT2D eigenvalue weighted by molar-refractivity contribution is 5.95. The number of primary amides is 1. The minimum Gasteiger partial charge on any atom is -0.504 e. The Labute approximate surface area is 373 Å². The van der Waals surface area contributed by atoms with Gasteiger partial charge in [-0.2, -0.15) is 0 Å². The Kier molecular flexibility index (Phi) is 13.8. The second-order valence-electron chi connectivity index (χ2n) is 14.0. The number of ether oxygens (including phenoxy) is 8. The first kappa shape index (κ1) is 44.8. The highest BCUT2D eigenvalue weighted by Crippen LogP contribution is 2.35. The van der Waals surface area contributed by atoms with E-state index in [1.807, 2.05) is 18.2 Å². The number of nitrogens with one attached hydrogen (secondary N) is 2. The lowest BCUT2D eigenvalue weighted by Crippen LogP contribution is -2.22. The highest BCUT2D eigenvalue weighted by atomic mass is 16.7. The molecule has 9 N–H and O–H groups in total. The number of carbonyl (C=O) groups is 4. The molecule has 20 heteroatoms. The van der Waals surface area contributed by atoms with E-state index in [-0.39, 0.29) is 73.7 Å². The molecule has 6 aromatic carbocycles. The van der Waals surface area contributed by atoms with Gasteiger partial charge in [-0.25, -0.2) is 4.79 Å². The summed E-state index contributed by atoms with van der Waals surface area (Å²) >= 11 is 0. The molecular weight excluding hydrogens is 867 g/mol. The van der Waals surface area contributed by atoms with Crippen molar-refractivity contribution in [2.45, 2.75) is 13.1 Å². The third kappa shape index (κ3) is 11.2. The second kappa shape index (κ2) is 20.3. The van der Waals surface area contributed by atoms with Gasteiger partial charge in [-0.15, -0.1) is 0 Å². The number of carboxylic acid groups (broad SMARTS) is 1. The molecule has 4 aliphatic heterocycles. The monoisotopic (exact) mass is 905 g/mol. The lowest BCUT2D eigenvalue weighted by molar-refractivity contribution is 0.0695. The SMILES string of the molecule is NC(=O)c1ccc2c(c1)OCO2.O=C(NCc1ccc(O)c(O)c1)c1ccc(O)c(O)c1.O=C(NCc1ccc2c(c1)OCO2)c1ccc2c(c1)OCO2.O=C(O)c1ccc2c(c1)OCO2. The number of carbonyl (C=O) groups excluding carboxylic acids is 3. The molecule has 340 valence electrons. The molecule has 0 atom stereocenters. The molecule has 10 rings (SSSR count). The molecule has 0 saturated carbocycles. The van der Waals surface area contributed by atoms with E-state index in [4.69, 9.17) is 58.9 Å². The maximum Gasteiger partial charge on any atom is 0.335 e. The molecule has 0 aliphatic carbocycles. The van der Waals surface area contributed by atoms with Crippen LogP contribution in [-0.2, 0) is 13.1 Å². The molecule has 4 aliphatic rings. The fourth-order valence-electron chi connectivity index (χ4n) is 6.08. The standard InChI is InChI=1S/C16H13NO5.C14H13NO5.C8H7NO3.C8H6O4/c18-16(11-2-4-13-15(6-11)22-9-20-13)17-7-10-1-3-12-14(5-10)21-8-19-12;16-10-3-1-8(5-12(10)18)7-15-14(20)9-2-4-11(17)13(19)6-9;2*9-8(10)5-1-2-6-7(3-5)12-4-11-6/h1-6H,7-9H2,(H,17,18);1-6,16-19H,7H2,(H,15,20);1-3H,4H2,(H2,9,10);1-3H,4H2,(H,9,10). The average Bonchev–Trinajstić information content (AvgIpc) is 4.17. The number of phenolic OH excluding ortho intramolecular Hbond substituents is 4. The number of hydrogen-bond donors (Lipinski definition) is 8. The summed E-state index contributed by atoms with van der Waals surface area (Å²) in [7, 11) is 0. The molecule has 0 spiro atoms. The highest BCUT2D eigenvalue weighted by Gasteiger charge is 2.19. The van der Waals surface area contributed by atoms with Crippen molar-refractivity contribution in [1.29, 1.82) is 0 Å². The first-order chi connectivity index (χ1) is 31.8. The number of fused-ring (bicyclic) bond motifs is 4. The Morgan fingerprint density at radius 3 is 1.24 bits per heavy atom. The van der Waals surface area contributed by atoms with Crippen LogP contribution >= 0.6 is 0 Å². The van der Waals surface area contributed by atoms with Crippen molar-refractivity contribution in [3.8, 4) is 69.0 Å². The summed E-state index contributed by atoms with van der Waals surface area (Å²) in [6.07, 6.45) is 0. The van der Waals surface area contributed by atoms with E-state index in [2.05, 4.69) is 10.6 Å². The number of hydrogen-bond acceptors (Lipinski definition) is 16. The van der Waals surface area contributed by atoms with Gasteiger partial charge in [-0.3, -0.25) is 14.4 Å². The van der Waals surface area contributed by atoms with Crippen LogP contribution in [0, 0.1) is 0 Å². The van der Waals surface area contributed by atoms with Crippen LogP contribution in [-0.4, -0.2) is 76.4 Å². The van der Waals surface area contributed by atoms with Gasteiger partial charge in [0.05, 0.1) is 5.56 Å². The summed E-state index contributed by atoms with van der Waals surface area (Å²) in [6, 6.07) is 28.1. The van der Waals surface area contributed by atoms with E-state index >= 15 is 0 Å². The third-order valence-corrected chi connectivity index (χ3v) is 9.53. The van der Waals surface area contributed by atoms with E-state index in [9.17, 15) is 29.4 Å². The zero-order chi connectivity index (χ0) is 46.7. The molecule has 20 nitrogen and oxygen atoms in total. The predicted molar refractivity (Wildman–Crippen MR) is 228 cm³/mol. The number of aromatic carboxylic acids is 1. The van der Waals surface area contributed by atoms with Crippen molar-refractivity contribution < 1.29 is 82.6 Å². The summed E-state index contributed by atoms with van der Waals surface area (Å²) in [5, 5.41) is 51.0. The van der Waals surface area contributed by atoms with E-state index in [0.717, 1.165) is 17.4 Å². The molecule has 66 heavy (non-hydrogen) atoms. The number of amides is 3. The summed E-state index contributed by atoms with van der Waals surface area (Å²) in [5.41, 5.74) is 7.99. The molecule has 0 saturated heterocycles. The van der Waals surface area contributed by atoms with E-state index in [1.54, 1.807) is 48.5 Å². The van der Waals surface area contributed by atoms with Gasteiger partial charge in [0.1, 0.15) is 0 Å². The number of carboxylic acids is 1. The van der Waals surface area contributed by atoms with Crippen LogP contribution in [0.5, 0.6) is 69.0 Å². The summed E-state index contributed by atoms with van der Waals surface area (Å²) in [4.78, 5) is 45.2. The van der Waals surface area contributed by atoms with Crippen molar-refractivity contribution in [3.05, 3.63) is 143 Å². The Morgan fingerprint density at radius 2 is 0.758 bits per heavy atom. The summed E-state index contributed by atoms with van der Waals surface area (Å²) < 4.78 is 41.2. The quantitative estimate of drug-likeness (QED) is 0.0917.